The van der Waals surface area contributed by atoms with E-state index in [0.29, 0.717) is 0 Å². The monoisotopic (exact) mass is 205 g/mol. The average molecular weight is 205 g/mol. The fourth-order valence-corrected chi connectivity index (χ4v) is 1.90. The Morgan fingerprint density at radius 1 is 1.77 bits per heavy atom. The molecular weight excluding hydrogens is 194 g/mol. The van der Waals surface area contributed by atoms with Gasteiger partial charge in [-0.25, -0.2) is 13.1 Å². The molecule has 74 valence electrons. The third kappa shape index (κ3) is 2.51. The summed E-state index contributed by atoms with van der Waals surface area (Å²) in [4.78, 5) is 0.0628. The summed E-state index contributed by atoms with van der Waals surface area (Å²) in [7, 11) is -3.53. The smallest absolute Gasteiger partial charge is 0.244 e. The Morgan fingerprint density at radius 2 is 2.46 bits per heavy atom. The first-order valence-electron chi connectivity index (χ1n) is 3.68. The van der Waals surface area contributed by atoms with Crippen LogP contribution in [0.1, 0.15) is 6.92 Å². The molecule has 3 N–H and O–H groups in total. The molecule has 1 heterocycles. The van der Waals surface area contributed by atoms with Crippen molar-refractivity contribution in [3.05, 3.63) is 12.4 Å². The molecule has 0 aromatic carbocycles. The van der Waals surface area contributed by atoms with E-state index in [9.17, 15) is 8.42 Å². The summed E-state index contributed by atoms with van der Waals surface area (Å²) in [6.45, 7) is 1.33. The number of H-pyrrole nitrogens is 1. The standard InChI is InChI=1S/C6H11N3O3S/c1-5(4-10)9-13(11,12)6-2-7-8-3-6/h2-3,5,9-10H,4H2,1H3,(H,7,8)/t5-/m0/s1. The van der Waals surface area contributed by atoms with Gasteiger partial charge in [0.2, 0.25) is 10.0 Å². The third-order valence-corrected chi connectivity index (χ3v) is 2.97. The fourth-order valence-electron chi connectivity index (χ4n) is 0.756. The highest BCUT2D eigenvalue weighted by atomic mass is 32.2. The van der Waals surface area contributed by atoms with Gasteiger partial charge in [0.1, 0.15) is 4.90 Å². The lowest BCUT2D eigenvalue weighted by molar-refractivity contribution is 0.265. The van der Waals surface area contributed by atoms with Crippen molar-refractivity contribution in [3.8, 4) is 0 Å². The quantitative estimate of drug-likeness (QED) is 0.591. The molecule has 1 aromatic rings. The summed E-state index contributed by atoms with van der Waals surface area (Å²) in [6.07, 6.45) is 2.47. The van der Waals surface area contributed by atoms with E-state index in [1.165, 1.54) is 12.4 Å². The maximum Gasteiger partial charge on any atom is 0.244 e. The van der Waals surface area contributed by atoms with Gasteiger partial charge in [-0.15, -0.1) is 0 Å². The molecule has 0 radical (unpaired) electrons. The summed E-state index contributed by atoms with van der Waals surface area (Å²) >= 11 is 0. The fraction of sp³-hybridized carbons (Fsp3) is 0.500. The summed E-state index contributed by atoms with van der Waals surface area (Å²) in [6, 6.07) is -0.500. The van der Waals surface area contributed by atoms with Crippen molar-refractivity contribution < 1.29 is 13.5 Å². The number of sulfonamides is 1. The number of rotatable bonds is 4. The zero-order valence-corrected chi connectivity index (χ0v) is 7.87. The van der Waals surface area contributed by atoms with E-state index in [0.717, 1.165) is 0 Å². The van der Waals surface area contributed by atoms with Gasteiger partial charge < -0.3 is 5.11 Å². The van der Waals surface area contributed by atoms with Gasteiger partial charge in [-0.2, -0.15) is 5.10 Å². The Labute approximate surface area is 76.0 Å². The summed E-state index contributed by atoms with van der Waals surface area (Å²) < 4.78 is 25.0. The SMILES string of the molecule is C[C@@H](CO)NS(=O)(=O)c1cn[nH]c1. The zero-order chi connectivity index (χ0) is 9.90. The van der Waals surface area contributed by atoms with E-state index < -0.39 is 16.1 Å². The van der Waals surface area contributed by atoms with Gasteiger partial charge in [-0.3, -0.25) is 5.10 Å². The number of aliphatic hydroxyl groups is 1. The first-order chi connectivity index (χ1) is 6.06. The number of aromatic amines is 1. The van der Waals surface area contributed by atoms with Gasteiger partial charge in [0.15, 0.2) is 0 Å². The molecule has 7 heteroatoms. The van der Waals surface area contributed by atoms with Crippen LogP contribution in [0, 0.1) is 0 Å². The average Bonchev–Trinajstić information content (AvgIpc) is 2.55. The molecule has 0 unspecified atom stereocenters. The molecule has 0 aliphatic carbocycles. The van der Waals surface area contributed by atoms with Crippen LogP contribution >= 0.6 is 0 Å². The van der Waals surface area contributed by atoms with Gasteiger partial charge in [-0.05, 0) is 6.92 Å². The lowest BCUT2D eigenvalue weighted by atomic mass is 10.4. The Bertz CT molecular complexity index is 345. The van der Waals surface area contributed by atoms with Crippen molar-refractivity contribution in [2.24, 2.45) is 0 Å². The van der Waals surface area contributed by atoms with Crippen LogP contribution in [0.3, 0.4) is 0 Å². The van der Waals surface area contributed by atoms with Crippen molar-refractivity contribution in [2.75, 3.05) is 6.61 Å². The topological polar surface area (TPSA) is 95.1 Å². The highest BCUT2D eigenvalue weighted by Crippen LogP contribution is 2.04. The van der Waals surface area contributed by atoms with Crippen LogP contribution in [0.25, 0.3) is 0 Å². The summed E-state index contributed by atoms with van der Waals surface area (Å²) in [5, 5.41) is 14.6. The van der Waals surface area contributed by atoms with E-state index >= 15 is 0 Å². The van der Waals surface area contributed by atoms with Crippen LogP contribution in [0.4, 0.5) is 0 Å². The molecule has 0 bridgehead atoms. The first kappa shape index (κ1) is 10.2. The second kappa shape index (κ2) is 3.86. The minimum absolute atomic E-state index is 0.0628. The lowest BCUT2D eigenvalue weighted by Gasteiger charge is -2.09. The first-order valence-corrected chi connectivity index (χ1v) is 5.16. The molecule has 0 amide bonds. The molecule has 6 nitrogen and oxygen atoms in total. The van der Waals surface area contributed by atoms with Crippen LogP contribution in [-0.4, -0.2) is 36.4 Å². The van der Waals surface area contributed by atoms with E-state index in [2.05, 4.69) is 14.9 Å². The minimum atomic E-state index is -3.53. The maximum absolute atomic E-state index is 11.4. The molecule has 13 heavy (non-hydrogen) atoms. The Morgan fingerprint density at radius 3 is 2.92 bits per heavy atom. The lowest BCUT2D eigenvalue weighted by Crippen LogP contribution is -2.34. The van der Waals surface area contributed by atoms with Crippen molar-refractivity contribution in [2.45, 2.75) is 17.9 Å². The Kier molecular flexibility index (Phi) is 3.02. The van der Waals surface area contributed by atoms with Crippen molar-refractivity contribution >= 4 is 10.0 Å². The van der Waals surface area contributed by atoms with Crippen molar-refractivity contribution in [3.63, 3.8) is 0 Å². The number of hydrogen-bond acceptors (Lipinski definition) is 4. The highest BCUT2D eigenvalue weighted by molar-refractivity contribution is 7.89. The van der Waals surface area contributed by atoms with Crippen LogP contribution in [0.2, 0.25) is 0 Å². The molecule has 0 fully saturated rings. The minimum Gasteiger partial charge on any atom is -0.395 e. The maximum atomic E-state index is 11.4. The van der Waals surface area contributed by atoms with Crippen LogP contribution in [0.5, 0.6) is 0 Å². The van der Waals surface area contributed by atoms with E-state index in [-0.39, 0.29) is 11.5 Å². The van der Waals surface area contributed by atoms with E-state index in [1.54, 1.807) is 6.92 Å². The molecule has 1 atom stereocenters. The molecule has 0 saturated carbocycles. The molecule has 0 aliphatic heterocycles. The normalized spacial score (nSPS) is 14.3. The second-order valence-corrected chi connectivity index (χ2v) is 4.35. The van der Waals surface area contributed by atoms with Gasteiger partial charge in [0.25, 0.3) is 0 Å². The predicted octanol–water partition coefficient (Wildman–Crippen LogP) is -0.931. The van der Waals surface area contributed by atoms with Gasteiger partial charge >= 0.3 is 0 Å². The zero-order valence-electron chi connectivity index (χ0n) is 7.06. The second-order valence-electron chi connectivity index (χ2n) is 2.64. The number of nitrogens with one attached hydrogen (secondary N) is 2. The van der Waals surface area contributed by atoms with Crippen molar-refractivity contribution in [1.29, 1.82) is 0 Å². The molecule has 0 aliphatic rings. The summed E-state index contributed by atoms with van der Waals surface area (Å²) in [5.41, 5.74) is 0. The number of hydrogen-bond donors (Lipinski definition) is 3. The molecule has 1 aromatic heterocycles. The molecule has 0 saturated heterocycles. The van der Waals surface area contributed by atoms with Gasteiger partial charge in [0.05, 0.1) is 12.8 Å². The summed E-state index contributed by atoms with van der Waals surface area (Å²) in [5.74, 6) is 0. The number of nitrogens with zero attached hydrogens (tertiary/aromatic N) is 1. The van der Waals surface area contributed by atoms with Crippen molar-refractivity contribution in [1.82, 2.24) is 14.9 Å². The largest absolute Gasteiger partial charge is 0.395 e. The molecule has 0 spiro atoms. The van der Waals surface area contributed by atoms with Gasteiger partial charge in [0, 0.05) is 12.2 Å². The van der Waals surface area contributed by atoms with Crippen LogP contribution < -0.4 is 4.72 Å². The number of aliphatic hydroxyl groups excluding tert-OH is 1. The number of aromatic nitrogens is 2. The Balaban J connectivity index is 2.79. The van der Waals surface area contributed by atoms with Gasteiger partial charge in [-0.1, -0.05) is 0 Å². The Hall–Kier alpha value is -0.920. The molecule has 1 rings (SSSR count). The van der Waals surface area contributed by atoms with E-state index in [4.69, 9.17) is 5.11 Å². The van der Waals surface area contributed by atoms with Crippen LogP contribution in [-0.2, 0) is 10.0 Å². The predicted molar refractivity (Wildman–Crippen MR) is 45.5 cm³/mol. The highest BCUT2D eigenvalue weighted by Gasteiger charge is 2.17. The van der Waals surface area contributed by atoms with Crippen LogP contribution in [0.15, 0.2) is 17.3 Å². The molecular formula is C6H11N3O3S. The van der Waals surface area contributed by atoms with E-state index in [1.807, 2.05) is 0 Å². The third-order valence-electron chi connectivity index (χ3n) is 1.41.